The van der Waals surface area contributed by atoms with Gasteiger partial charge in [-0.25, -0.2) is 14.4 Å². The van der Waals surface area contributed by atoms with Gasteiger partial charge in [0.05, 0.1) is 24.8 Å². The molecule has 1 aromatic heterocycles. The Bertz CT molecular complexity index is 1260. The van der Waals surface area contributed by atoms with Crippen molar-refractivity contribution in [1.29, 1.82) is 0 Å². The molecule has 0 spiro atoms. The van der Waals surface area contributed by atoms with Gasteiger partial charge < -0.3 is 20.3 Å². The zero-order valence-electron chi connectivity index (χ0n) is 19.9. The van der Waals surface area contributed by atoms with Crippen LogP contribution in [0.3, 0.4) is 0 Å². The second-order valence-electron chi connectivity index (χ2n) is 9.14. The fraction of sp³-hybridized carbons (Fsp3) is 0.423. The van der Waals surface area contributed by atoms with E-state index in [1.807, 2.05) is 13.8 Å². The van der Waals surface area contributed by atoms with Crippen molar-refractivity contribution in [3.63, 3.8) is 0 Å². The number of hydrogen-bond acceptors (Lipinski definition) is 6. The number of morpholine rings is 1. The highest BCUT2D eigenvalue weighted by molar-refractivity contribution is 5.96. The Morgan fingerprint density at radius 1 is 1.12 bits per heavy atom. The fourth-order valence-corrected chi connectivity index (χ4v) is 5.08. The van der Waals surface area contributed by atoms with Gasteiger partial charge in [-0.3, -0.25) is 4.79 Å². The van der Waals surface area contributed by atoms with Gasteiger partial charge in [0.2, 0.25) is 5.91 Å². The van der Waals surface area contributed by atoms with Crippen LogP contribution >= 0.6 is 0 Å². The first-order chi connectivity index (χ1) is 16.4. The molecule has 2 aromatic carbocycles. The van der Waals surface area contributed by atoms with Crippen molar-refractivity contribution < 1.29 is 13.9 Å². The lowest BCUT2D eigenvalue weighted by atomic mass is 10.0. The second-order valence-corrected chi connectivity index (χ2v) is 9.14. The molecule has 0 bridgehead atoms. The van der Waals surface area contributed by atoms with Crippen LogP contribution < -0.4 is 15.5 Å². The predicted molar refractivity (Wildman–Crippen MR) is 132 cm³/mol. The predicted octanol–water partition coefficient (Wildman–Crippen LogP) is 4.53. The van der Waals surface area contributed by atoms with E-state index in [1.54, 1.807) is 6.07 Å². The SMILES string of the molecule is CC(=O)Nc1cc(F)cc([C@@H](C)Nc2nc(C)nc3c4c(c(N5CCOCC5)cc23)CCC4)c1. The lowest BCUT2D eigenvalue weighted by molar-refractivity contribution is -0.114. The first-order valence-electron chi connectivity index (χ1n) is 11.9. The highest BCUT2D eigenvalue weighted by atomic mass is 19.1. The highest BCUT2D eigenvalue weighted by Crippen LogP contribution is 2.39. The molecule has 178 valence electrons. The van der Waals surface area contributed by atoms with Gasteiger partial charge in [-0.1, -0.05) is 0 Å². The van der Waals surface area contributed by atoms with E-state index < -0.39 is 5.82 Å². The highest BCUT2D eigenvalue weighted by Gasteiger charge is 2.25. The molecule has 0 radical (unpaired) electrons. The van der Waals surface area contributed by atoms with Crippen LogP contribution in [0.15, 0.2) is 24.3 Å². The van der Waals surface area contributed by atoms with Crippen molar-refractivity contribution in [2.45, 2.75) is 46.1 Å². The molecule has 8 heteroatoms. The largest absolute Gasteiger partial charge is 0.378 e. The Morgan fingerprint density at radius 3 is 2.65 bits per heavy atom. The first kappa shape index (κ1) is 22.5. The van der Waals surface area contributed by atoms with E-state index in [0.29, 0.717) is 11.5 Å². The summed E-state index contributed by atoms with van der Waals surface area (Å²) in [6.45, 7) is 8.49. The van der Waals surface area contributed by atoms with Gasteiger partial charge in [0, 0.05) is 36.8 Å². The molecule has 5 rings (SSSR count). The zero-order valence-corrected chi connectivity index (χ0v) is 19.9. The van der Waals surface area contributed by atoms with Gasteiger partial charge in [-0.05, 0) is 74.1 Å². The lowest BCUT2D eigenvalue weighted by Crippen LogP contribution is -2.36. The number of rotatable bonds is 5. The maximum atomic E-state index is 14.3. The van der Waals surface area contributed by atoms with Crippen molar-refractivity contribution in [3.05, 3.63) is 52.6 Å². The molecule has 7 nitrogen and oxygen atoms in total. The Balaban J connectivity index is 1.56. The Morgan fingerprint density at radius 2 is 1.88 bits per heavy atom. The number of carbonyl (C=O) groups is 1. The molecule has 1 atom stereocenters. The van der Waals surface area contributed by atoms with Crippen LogP contribution in [0.2, 0.25) is 0 Å². The number of benzene rings is 2. The third-order valence-electron chi connectivity index (χ3n) is 6.60. The van der Waals surface area contributed by atoms with E-state index in [-0.39, 0.29) is 11.9 Å². The molecule has 1 aliphatic carbocycles. The summed E-state index contributed by atoms with van der Waals surface area (Å²) in [5.74, 6) is 0.809. The molecule has 2 N–H and O–H groups in total. The summed E-state index contributed by atoms with van der Waals surface area (Å²) >= 11 is 0. The van der Waals surface area contributed by atoms with Gasteiger partial charge in [-0.15, -0.1) is 0 Å². The number of ether oxygens (including phenoxy) is 1. The maximum absolute atomic E-state index is 14.3. The Hall–Kier alpha value is -3.26. The van der Waals surface area contributed by atoms with E-state index in [2.05, 4.69) is 21.6 Å². The molecule has 3 aromatic rings. The zero-order chi connectivity index (χ0) is 23.8. The lowest BCUT2D eigenvalue weighted by Gasteiger charge is -2.31. The summed E-state index contributed by atoms with van der Waals surface area (Å²) in [6, 6.07) is 6.57. The number of carbonyl (C=O) groups excluding carboxylic acids is 1. The standard InChI is InChI=1S/C26H30FN5O2/c1-15(18-11-19(27)13-20(12-18)31-17(3)33)28-26-23-14-24(32-7-9-34-10-8-32)21-5-4-6-22(21)25(23)29-16(2)30-26/h11-15H,4-10H2,1-3H3,(H,31,33)(H,28,29,30)/t15-/m1/s1. The van der Waals surface area contributed by atoms with Crippen LogP contribution in [0.4, 0.5) is 21.6 Å². The molecule has 1 amide bonds. The molecule has 0 saturated carbocycles. The number of anilines is 3. The number of nitrogens with one attached hydrogen (secondary N) is 2. The first-order valence-corrected chi connectivity index (χ1v) is 11.9. The molecule has 0 unspecified atom stereocenters. The molecular formula is C26H30FN5O2. The molecule has 2 aliphatic rings. The van der Waals surface area contributed by atoms with E-state index in [4.69, 9.17) is 14.7 Å². The van der Waals surface area contributed by atoms with Crippen LogP contribution in [-0.4, -0.2) is 42.2 Å². The van der Waals surface area contributed by atoms with Crippen molar-refractivity contribution >= 4 is 34.0 Å². The average Bonchev–Trinajstić information content (AvgIpc) is 3.29. The number of halogens is 1. The fourth-order valence-electron chi connectivity index (χ4n) is 5.08. The number of hydrogen-bond donors (Lipinski definition) is 2. The smallest absolute Gasteiger partial charge is 0.221 e. The van der Waals surface area contributed by atoms with E-state index in [0.717, 1.165) is 67.8 Å². The molecule has 1 saturated heterocycles. The Labute approximate surface area is 198 Å². The monoisotopic (exact) mass is 463 g/mol. The second kappa shape index (κ2) is 9.18. The number of nitrogens with zero attached hydrogens (tertiary/aromatic N) is 3. The van der Waals surface area contributed by atoms with E-state index in [9.17, 15) is 9.18 Å². The van der Waals surface area contributed by atoms with Crippen LogP contribution in [-0.2, 0) is 22.4 Å². The van der Waals surface area contributed by atoms with Crippen molar-refractivity contribution in [3.8, 4) is 0 Å². The van der Waals surface area contributed by atoms with E-state index in [1.165, 1.54) is 35.9 Å². The summed E-state index contributed by atoms with van der Waals surface area (Å²) in [6.07, 6.45) is 3.21. The van der Waals surface area contributed by atoms with Crippen molar-refractivity contribution in [2.75, 3.05) is 41.8 Å². The molecule has 2 heterocycles. The molecular weight excluding hydrogens is 433 g/mol. The normalized spacial score (nSPS) is 16.4. The maximum Gasteiger partial charge on any atom is 0.221 e. The number of aryl methyl sites for hydroxylation is 2. The van der Waals surface area contributed by atoms with Crippen LogP contribution in [0, 0.1) is 12.7 Å². The summed E-state index contributed by atoms with van der Waals surface area (Å²) in [5.41, 5.74) is 6.14. The molecule has 1 aliphatic heterocycles. The van der Waals surface area contributed by atoms with Gasteiger partial charge in [-0.2, -0.15) is 0 Å². The minimum Gasteiger partial charge on any atom is -0.378 e. The minimum absolute atomic E-state index is 0.235. The number of amides is 1. The summed E-state index contributed by atoms with van der Waals surface area (Å²) < 4.78 is 19.9. The van der Waals surface area contributed by atoms with Crippen LogP contribution in [0.25, 0.3) is 10.9 Å². The van der Waals surface area contributed by atoms with Crippen LogP contribution in [0.5, 0.6) is 0 Å². The quantitative estimate of drug-likeness (QED) is 0.579. The molecule has 1 fully saturated rings. The van der Waals surface area contributed by atoms with E-state index >= 15 is 0 Å². The van der Waals surface area contributed by atoms with Crippen molar-refractivity contribution in [2.24, 2.45) is 0 Å². The summed E-state index contributed by atoms with van der Waals surface area (Å²) in [5, 5.41) is 7.15. The van der Waals surface area contributed by atoms with Gasteiger partial charge >= 0.3 is 0 Å². The number of fused-ring (bicyclic) bond motifs is 3. The van der Waals surface area contributed by atoms with Crippen molar-refractivity contribution in [1.82, 2.24) is 9.97 Å². The summed E-state index contributed by atoms with van der Waals surface area (Å²) in [4.78, 5) is 23.4. The average molecular weight is 464 g/mol. The molecule has 34 heavy (non-hydrogen) atoms. The topological polar surface area (TPSA) is 79.4 Å². The third kappa shape index (κ3) is 4.42. The van der Waals surface area contributed by atoms with Gasteiger partial charge in [0.15, 0.2) is 0 Å². The third-order valence-corrected chi connectivity index (χ3v) is 6.60. The number of aromatic nitrogens is 2. The van der Waals surface area contributed by atoms with Crippen LogP contribution in [0.1, 0.15) is 48.8 Å². The van der Waals surface area contributed by atoms with Gasteiger partial charge in [0.25, 0.3) is 0 Å². The summed E-state index contributed by atoms with van der Waals surface area (Å²) in [7, 11) is 0. The van der Waals surface area contributed by atoms with Gasteiger partial charge in [0.1, 0.15) is 17.5 Å². The minimum atomic E-state index is -0.397. The Kier molecular flexibility index (Phi) is 6.08.